The Morgan fingerprint density at radius 1 is 1.16 bits per heavy atom. The molecule has 1 aliphatic carbocycles. The lowest BCUT2D eigenvalue weighted by atomic mass is 9.88. The van der Waals surface area contributed by atoms with Crippen molar-refractivity contribution in [3.05, 3.63) is 38.8 Å². The van der Waals surface area contributed by atoms with Gasteiger partial charge in [0.25, 0.3) is 0 Å². The molecule has 1 N–H and O–H groups in total. The van der Waals surface area contributed by atoms with Crippen LogP contribution in [0.15, 0.2) is 17.5 Å². The summed E-state index contributed by atoms with van der Waals surface area (Å²) < 4.78 is 4.97. The number of hydrogen-bond donors (Lipinski definition) is 1. The SMILES string of the molecule is COC(=O)c1sc2nc(CN(C)Cc3csc(C)n3)ccc2c1NC(=O)C1CCCCC1. The normalized spacial score (nSPS) is 14.8. The Morgan fingerprint density at radius 3 is 2.59 bits per heavy atom. The molecule has 3 aromatic heterocycles. The molecule has 3 heterocycles. The van der Waals surface area contributed by atoms with E-state index in [0.717, 1.165) is 58.8 Å². The molecule has 170 valence electrons. The van der Waals surface area contributed by atoms with Crippen molar-refractivity contribution in [3.8, 4) is 0 Å². The van der Waals surface area contributed by atoms with Gasteiger partial charge in [0, 0.05) is 29.8 Å². The molecule has 0 unspecified atom stereocenters. The number of methoxy groups -OCH3 is 1. The van der Waals surface area contributed by atoms with Crippen molar-refractivity contribution >= 4 is 50.5 Å². The lowest BCUT2D eigenvalue weighted by Crippen LogP contribution is -2.25. The van der Waals surface area contributed by atoms with Gasteiger partial charge in [-0.3, -0.25) is 9.69 Å². The topological polar surface area (TPSA) is 84.4 Å². The minimum atomic E-state index is -0.454. The highest BCUT2D eigenvalue weighted by atomic mass is 32.1. The van der Waals surface area contributed by atoms with Crippen LogP contribution < -0.4 is 5.32 Å². The molecule has 0 saturated heterocycles. The molecule has 0 atom stereocenters. The van der Waals surface area contributed by atoms with Gasteiger partial charge in [-0.15, -0.1) is 22.7 Å². The van der Waals surface area contributed by atoms with E-state index < -0.39 is 5.97 Å². The number of pyridine rings is 1. The highest BCUT2D eigenvalue weighted by Crippen LogP contribution is 2.36. The molecule has 1 amide bonds. The molecule has 32 heavy (non-hydrogen) atoms. The number of amides is 1. The third kappa shape index (κ3) is 5.16. The molecule has 4 rings (SSSR count). The summed E-state index contributed by atoms with van der Waals surface area (Å²) in [5.41, 5.74) is 2.47. The lowest BCUT2D eigenvalue weighted by Gasteiger charge is -2.20. The van der Waals surface area contributed by atoms with Gasteiger partial charge in [-0.05, 0) is 38.9 Å². The van der Waals surface area contributed by atoms with Crippen LogP contribution in [0, 0.1) is 12.8 Å². The molecule has 0 aromatic carbocycles. The van der Waals surface area contributed by atoms with E-state index in [-0.39, 0.29) is 11.8 Å². The van der Waals surface area contributed by atoms with E-state index in [2.05, 4.69) is 20.6 Å². The van der Waals surface area contributed by atoms with Crippen LogP contribution in [0.5, 0.6) is 0 Å². The Bertz CT molecular complexity index is 1120. The van der Waals surface area contributed by atoms with Gasteiger partial charge < -0.3 is 10.1 Å². The fourth-order valence-corrected chi connectivity index (χ4v) is 5.82. The third-order valence-corrected chi connectivity index (χ3v) is 7.64. The summed E-state index contributed by atoms with van der Waals surface area (Å²) in [6, 6.07) is 3.90. The molecular weight excluding hydrogens is 444 g/mol. The van der Waals surface area contributed by atoms with Crippen LogP contribution in [-0.2, 0) is 22.6 Å². The molecule has 0 bridgehead atoms. The molecule has 3 aromatic rings. The second-order valence-corrected chi connectivity index (χ2v) is 10.4. The minimum Gasteiger partial charge on any atom is -0.465 e. The van der Waals surface area contributed by atoms with Crippen molar-refractivity contribution in [2.45, 2.75) is 52.1 Å². The van der Waals surface area contributed by atoms with Crippen LogP contribution >= 0.6 is 22.7 Å². The largest absolute Gasteiger partial charge is 0.465 e. The van der Waals surface area contributed by atoms with Crippen molar-refractivity contribution < 1.29 is 14.3 Å². The van der Waals surface area contributed by atoms with Gasteiger partial charge in [-0.25, -0.2) is 14.8 Å². The van der Waals surface area contributed by atoms with E-state index in [9.17, 15) is 9.59 Å². The zero-order valence-corrected chi connectivity index (χ0v) is 20.3. The number of carbonyl (C=O) groups excluding carboxylic acids is 2. The Morgan fingerprint density at radius 2 is 1.91 bits per heavy atom. The van der Waals surface area contributed by atoms with Crippen molar-refractivity contribution in [2.24, 2.45) is 5.92 Å². The van der Waals surface area contributed by atoms with Crippen LogP contribution in [-0.4, -0.2) is 40.9 Å². The molecule has 1 aliphatic rings. The van der Waals surface area contributed by atoms with E-state index in [1.807, 2.05) is 26.1 Å². The Hall–Kier alpha value is -2.36. The van der Waals surface area contributed by atoms with E-state index in [4.69, 9.17) is 9.72 Å². The summed E-state index contributed by atoms with van der Waals surface area (Å²) in [4.78, 5) is 37.9. The van der Waals surface area contributed by atoms with E-state index in [1.54, 1.807) is 11.3 Å². The fraction of sp³-hybridized carbons (Fsp3) is 0.478. The van der Waals surface area contributed by atoms with Crippen molar-refractivity contribution in [2.75, 3.05) is 19.5 Å². The number of carbonyl (C=O) groups is 2. The molecule has 0 spiro atoms. The second-order valence-electron chi connectivity index (χ2n) is 8.31. The average Bonchev–Trinajstić information content (AvgIpc) is 3.36. The number of ether oxygens (including phenoxy) is 1. The van der Waals surface area contributed by atoms with Crippen molar-refractivity contribution in [3.63, 3.8) is 0 Å². The molecule has 0 radical (unpaired) electrons. The summed E-state index contributed by atoms with van der Waals surface area (Å²) >= 11 is 2.91. The summed E-state index contributed by atoms with van der Waals surface area (Å²) in [7, 11) is 3.39. The smallest absolute Gasteiger partial charge is 0.350 e. The summed E-state index contributed by atoms with van der Waals surface area (Å²) in [6.45, 7) is 3.40. The molecule has 1 fully saturated rings. The fourth-order valence-electron chi connectivity index (χ4n) is 4.15. The minimum absolute atomic E-state index is 0.000528. The second kappa shape index (κ2) is 10.1. The quantitative estimate of drug-likeness (QED) is 0.487. The number of hydrogen-bond acceptors (Lipinski definition) is 8. The van der Waals surface area contributed by atoms with Crippen molar-refractivity contribution in [1.29, 1.82) is 0 Å². The molecule has 9 heteroatoms. The molecule has 7 nitrogen and oxygen atoms in total. The highest BCUT2D eigenvalue weighted by Gasteiger charge is 2.26. The lowest BCUT2D eigenvalue weighted by molar-refractivity contribution is -0.120. The van der Waals surface area contributed by atoms with Crippen LogP contribution in [0.2, 0.25) is 0 Å². The first-order valence-corrected chi connectivity index (χ1v) is 12.6. The number of esters is 1. The van der Waals surface area contributed by atoms with Crippen LogP contribution in [0.3, 0.4) is 0 Å². The van der Waals surface area contributed by atoms with E-state index >= 15 is 0 Å². The zero-order chi connectivity index (χ0) is 22.7. The standard InChI is InChI=1S/C23H28N4O3S2/c1-14-24-17(13-31-14)12-27(2)11-16-9-10-18-19(20(23(29)30-3)32-22(18)25-16)26-21(28)15-7-5-4-6-8-15/h9-10,13,15H,4-8,11-12H2,1-3H3,(H,26,28). The first-order valence-electron chi connectivity index (χ1n) is 10.9. The summed E-state index contributed by atoms with van der Waals surface area (Å²) in [6.07, 6.45) is 5.13. The average molecular weight is 473 g/mol. The number of aryl methyl sites for hydroxylation is 1. The number of thiazole rings is 1. The molecule has 0 aliphatic heterocycles. The third-order valence-electron chi connectivity index (χ3n) is 5.74. The summed E-state index contributed by atoms with van der Waals surface area (Å²) in [5.74, 6) is -0.471. The van der Waals surface area contributed by atoms with Gasteiger partial charge in [-0.1, -0.05) is 19.3 Å². The summed E-state index contributed by atoms with van der Waals surface area (Å²) in [5, 5.41) is 6.94. The van der Waals surface area contributed by atoms with Crippen LogP contribution in [0.25, 0.3) is 10.2 Å². The van der Waals surface area contributed by atoms with Gasteiger partial charge in [-0.2, -0.15) is 0 Å². The number of aromatic nitrogens is 2. The highest BCUT2D eigenvalue weighted by molar-refractivity contribution is 7.21. The van der Waals surface area contributed by atoms with Crippen LogP contribution in [0.1, 0.15) is 58.2 Å². The first-order chi connectivity index (χ1) is 15.4. The number of rotatable bonds is 7. The van der Waals surface area contributed by atoms with E-state index in [0.29, 0.717) is 17.1 Å². The number of fused-ring (bicyclic) bond motifs is 1. The Kier molecular flexibility index (Phi) is 7.17. The monoisotopic (exact) mass is 472 g/mol. The first kappa shape index (κ1) is 22.8. The van der Waals surface area contributed by atoms with Gasteiger partial charge in [0.2, 0.25) is 5.91 Å². The zero-order valence-electron chi connectivity index (χ0n) is 18.6. The van der Waals surface area contributed by atoms with Gasteiger partial charge in [0.15, 0.2) is 0 Å². The molecule has 1 saturated carbocycles. The molecular formula is C23H28N4O3S2. The maximum absolute atomic E-state index is 12.9. The number of anilines is 1. The van der Waals surface area contributed by atoms with Gasteiger partial charge in [0.05, 0.1) is 29.2 Å². The van der Waals surface area contributed by atoms with Crippen LogP contribution in [0.4, 0.5) is 5.69 Å². The maximum Gasteiger partial charge on any atom is 0.350 e. The number of thiophene rings is 1. The maximum atomic E-state index is 12.9. The number of nitrogens with zero attached hydrogens (tertiary/aromatic N) is 3. The number of nitrogens with one attached hydrogen (secondary N) is 1. The Labute approximate surface area is 195 Å². The van der Waals surface area contributed by atoms with Crippen molar-refractivity contribution in [1.82, 2.24) is 14.9 Å². The van der Waals surface area contributed by atoms with Gasteiger partial charge >= 0.3 is 5.97 Å². The predicted octanol–water partition coefficient (Wildman–Crippen LogP) is 5.00. The van der Waals surface area contributed by atoms with E-state index in [1.165, 1.54) is 24.9 Å². The predicted molar refractivity (Wildman–Crippen MR) is 128 cm³/mol. The Balaban J connectivity index is 1.56. The van der Waals surface area contributed by atoms with Gasteiger partial charge in [0.1, 0.15) is 9.71 Å².